The van der Waals surface area contributed by atoms with Gasteiger partial charge in [0.05, 0.1) is 0 Å². The smallest absolute Gasteiger partial charge is 0.120 e. The summed E-state index contributed by atoms with van der Waals surface area (Å²) in [6, 6.07) is 12.4. The SMILES string of the molecule is CC(C)N(C)Cc1c(O)ccc2ccccc12. The van der Waals surface area contributed by atoms with Crippen molar-refractivity contribution in [2.24, 2.45) is 0 Å². The molecule has 0 amide bonds. The molecule has 0 unspecified atom stereocenters. The van der Waals surface area contributed by atoms with Crippen molar-refractivity contribution in [1.82, 2.24) is 4.90 Å². The molecule has 0 saturated carbocycles. The van der Waals surface area contributed by atoms with Gasteiger partial charge in [-0.2, -0.15) is 0 Å². The summed E-state index contributed by atoms with van der Waals surface area (Å²) in [4.78, 5) is 2.22. The first kappa shape index (κ1) is 11.9. The molecule has 2 aromatic carbocycles. The zero-order valence-electron chi connectivity index (χ0n) is 10.6. The second kappa shape index (κ2) is 4.76. The second-order valence-electron chi connectivity index (χ2n) is 4.79. The lowest BCUT2D eigenvalue weighted by molar-refractivity contribution is 0.263. The number of fused-ring (bicyclic) bond motifs is 1. The molecule has 2 aromatic rings. The van der Waals surface area contributed by atoms with Crippen LogP contribution in [0.2, 0.25) is 0 Å². The molecule has 0 aromatic heterocycles. The monoisotopic (exact) mass is 229 g/mol. The molecule has 0 heterocycles. The molecule has 0 aliphatic rings. The first-order chi connectivity index (χ1) is 8.09. The molecule has 0 bridgehead atoms. The van der Waals surface area contributed by atoms with Crippen LogP contribution in [0.3, 0.4) is 0 Å². The molecule has 0 aliphatic heterocycles. The Morgan fingerprint density at radius 2 is 1.82 bits per heavy atom. The lowest BCUT2D eigenvalue weighted by Crippen LogP contribution is -2.25. The lowest BCUT2D eigenvalue weighted by atomic mass is 10.0. The van der Waals surface area contributed by atoms with Gasteiger partial charge in [-0.1, -0.05) is 30.3 Å². The molecule has 17 heavy (non-hydrogen) atoms. The van der Waals surface area contributed by atoms with Crippen LogP contribution in [0.4, 0.5) is 0 Å². The van der Waals surface area contributed by atoms with Crippen molar-refractivity contribution in [2.45, 2.75) is 26.4 Å². The highest BCUT2D eigenvalue weighted by Crippen LogP contribution is 2.28. The van der Waals surface area contributed by atoms with Crippen molar-refractivity contribution in [3.63, 3.8) is 0 Å². The summed E-state index contributed by atoms with van der Waals surface area (Å²) >= 11 is 0. The molecule has 1 N–H and O–H groups in total. The van der Waals surface area contributed by atoms with E-state index in [4.69, 9.17) is 0 Å². The quantitative estimate of drug-likeness (QED) is 0.872. The van der Waals surface area contributed by atoms with Crippen LogP contribution in [-0.4, -0.2) is 23.1 Å². The van der Waals surface area contributed by atoms with E-state index in [1.165, 1.54) is 5.39 Å². The van der Waals surface area contributed by atoms with Crippen molar-refractivity contribution < 1.29 is 5.11 Å². The van der Waals surface area contributed by atoms with Crippen molar-refractivity contribution >= 4 is 10.8 Å². The molecular weight excluding hydrogens is 210 g/mol. The van der Waals surface area contributed by atoms with E-state index in [2.05, 4.69) is 37.9 Å². The number of rotatable bonds is 3. The van der Waals surface area contributed by atoms with Crippen LogP contribution in [0, 0.1) is 0 Å². The number of benzene rings is 2. The summed E-state index contributed by atoms with van der Waals surface area (Å²) in [6.45, 7) is 5.08. The van der Waals surface area contributed by atoms with E-state index in [-0.39, 0.29) is 0 Å². The molecule has 0 radical (unpaired) electrons. The van der Waals surface area contributed by atoms with Gasteiger partial charge in [-0.15, -0.1) is 0 Å². The van der Waals surface area contributed by atoms with Crippen molar-refractivity contribution in [2.75, 3.05) is 7.05 Å². The molecule has 2 heteroatoms. The summed E-state index contributed by atoms with van der Waals surface area (Å²) in [5, 5.41) is 12.3. The second-order valence-corrected chi connectivity index (χ2v) is 4.79. The number of nitrogens with zero attached hydrogens (tertiary/aromatic N) is 1. The maximum atomic E-state index is 10.0. The van der Waals surface area contributed by atoms with Crippen LogP contribution < -0.4 is 0 Å². The Morgan fingerprint density at radius 3 is 2.53 bits per heavy atom. The van der Waals surface area contributed by atoms with Crippen molar-refractivity contribution in [3.8, 4) is 5.75 Å². The first-order valence-electron chi connectivity index (χ1n) is 5.99. The van der Waals surface area contributed by atoms with Gasteiger partial charge in [0.15, 0.2) is 0 Å². The Bertz CT molecular complexity index is 519. The third-order valence-electron chi connectivity index (χ3n) is 3.30. The zero-order chi connectivity index (χ0) is 12.4. The van der Waals surface area contributed by atoms with Crippen LogP contribution in [0.5, 0.6) is 5.75 Å². The number of phenols is 1. The average Bonchev–Trinajstić information content (AvgIpc) is 2.32. The Kier molecular flexibility index (Phi) is 3.34. The van der Waals surface area contributed by atoms with E-state index in [1.54, 1.807) is 6.07 Å². The molecule has 0 aliphatic carbocycles. The fourth-order valence-electron chi connectivity index (χ4n) is 1.92. The molecule has 2 rings (SSSR count). The van der Waals surface area contributed by atoms with E-state index >= 15 is 0 Å². The van der Waals surface area contributed by atoms with Gasteiger partial charge in [0.2, 0.25) is 0 Å². The number of hydrogen-bond acceptors (Lipinski definition) is 2. The third-order valence-corrected chi connectivity index (χ3v) is 3.30. The minimum Gasteiger partial charge on any atom is -0.508 e. The zero-order valence-corrected chi connectivity index (χ0v) is 10.6. The first-order valence-corrected chi connectivity index (χ1v) is 5.99. The lowest BCUT2D eigenvalue weighted by Gasteiger charge is -2.22. The topological polar surface area (TPSA) is 23.5 Å². The Labute approximate surface area is 102 Å². The van der Waals surface area contributed by atoms with Crippen LogP contribution in [-0.2, 0) is 6.54 Å². The summed E-state index contributed by atoms with van der Waals surface area (Å²) in [7, 11) is 2.08. The molecular formula is C15H19NO. The Hall–Kier alpha value is -1.54. The summed E-state index contributed by atoms with van der Waals surface area (Å²) in [5.41, 5.74) is 1.01. The van der Waals surface area contributed by atoms with Crippen LogP contribution in [0.15, 0.2) is 36.4 Å². The highest BCUT2D eigenvalue weighted by molar-refractivity contribution is 5.87. The van der Waals surface area contributed by atoms with Gasteiger partial charge in [-0.3, -0.25) is 4.90 Å². The predicted molar refractivity (Wildman–Crippen MR) is 72.2 cm³/mol. The summed E-state index contributed by atoms with van der Waals surface area (Å²) < 4.78 is 0. The normalized spacial score (nSPS) is 11.6. The van der Waals surface area contributed by atoms with Gasteiger partial charge in [-0.05, 0) is 37.7 Å². The predicted octanol–water partition coefficient (Wildman–Crippen LogP) is 3.39. The van der Waals surface area contributed by atoms with E-state index in [9.17, 15) is 5.11 Å². The minimum atomic E-state index is 0.385. The fraction of sp³-hybridized carbons (Fsp3) is 0.333. The molecule has 0 atom stereocenters. The van der Waals surface area contributed by atoms with Gasteiger partial charge in [0, 0.05) is 18.2 Å². The standard InChI is InChI=1S/C15H19NO/c1-11(2)16(3)10-14-13-7-5-4-6-12(13)8-9-15(14)17/h4-9,11,17H,10H2,1-3H3. The van der Waals surface area contributed by atoms with Crippen molar-refractivity contribution in [1.29, 1.82) is 0 Å². The Morgan fingerprint density at radius 1 is 1.12 bits per heavy atom. The fourth-order valence-corrected chi connectivity index (χ4v) is 1.92. The van der Waals surface area contributed by atoms with E-state index in [1.807, 2.05) is 18.2 Å². The molecule has 0 saturated heterocycles. The maximum absolute atomic E-state index is 10.0. The van der Waals surface area contributed by atoms with E-state index < -0.39 is 0 Å². The molecule has 2 nitrogen and oxygen atoms in total. The molecule has 0 spiro atoms. The van der Waals surface area contributed by atoms with Crippen LogP contribution in [0.1, 0.15) is 19.4 Å². The summed E-state index contributed by atoms with van der Waals surface area (Å²) in [5.74, 6) is 0.385. The third kappa shape index (κ3) is 2.42. The molecule has 0 fully saturated rings. The van der Waals surface area contributed by atoms with Crippen molar-refractivity contribution in [3.05, 3.63) is 42.0 Å². The Balaban J connectivity index is 2.48. The van der Waals surface area contributed by atoms with Gasteiger partial charge >= 0.3 is 0 Å². The van der Waals surface area contributed by atoms with Crippen LogP contribution in [0.25, 0.3) is 10.8 Å². The van der Waals surface area contributed by atoms with Gasteiger partial charge < -0.3 is 5.11 Å². The van der Waals surface area contributed by atoms with E-state index in [0.29, 0.717) is 11.8 Å². The maximum Gasteiger partial charge on any atom is 0.120 e. The summed E-state index contributed by atoms with van der Waals surface area (Å²) in [6.07, 6.45) is 0. The highest BCUT2D eigenvalue weighted by atomic mass is 16.3. The highest BCUT2D eigenvalue weighted by Gasteiger charge is 2.11. The average molecular weight is 229 g/mol. The number of hydrogen-bond donors (Lipinski definition) is 1. The van der Waals surface area contributed by atoms with Gasteiger partial charge in [-0.25, -0.2) is 0 Å². The molecule has 90 valence electrons. The number of phenolic OH excluding ortho intramolecular Hbond substituents is 1. The van der Waals surface area contributed by atoms with E-state index in [0.717, 1.165) is 17.5 Å². The van der Waals surface area contributed by atoms with Gasteiger partial charge in [0.1, 0.15) is 5.75 Å². The largest absolute Gasteiger partial charge is 0.508 e. The van der Waals surface area contributed by atoms with Crippen LogP contribution >= 0.6 is 0 Å². The number of aromatic hydroxyl groups is 1. The van der Waals surface area contributed by atoms with Gasteiger partial charge in [0.25, 0.3) is 0 Å². The minimum absolute atomic E-state index is 0.385.